The number of rotatable bonds is 11. The van der Waals surface area contributed by atoms with Gasteiger partial charge in [0.2, 0.25) is 0 Å². The van der Waals surface area contributed by atoms with Crippen LogP contribution >= 0.6 is 83.5 Å². The van der Waals surface area contributed by atoms with Crippen molar-refractivity contribution in [1.82, 2.24) is 0 Å². The first-order chi connectivity index (χ1) is 17.6. The molecule has 207 valence electrons. The van der Waals surface area contributed by atoms with Gasteiger partial charge in [-0.15, -0.1) is 0 Å². The van der Waals surface area contributed by atoms with E-state index in [0.29, 0.717) is 12.1 Å². The molecule has 0 spiro atoms. The van der Waals surface area contributed by atoms with Crippen LogP contribution in [-0.2, 0) is 15.6 Å². The third-order valence-corrected chi connectivity index (χ3v) is 62.2. The van der Waals surface area contributed by atoms with Crippen molar-refractivity contribution in [2.75, 3.05) is 0 Å². The molecule has 0 saturated heterocycles. The van der Waals surface area contributed by atoms with Crippen LogP contribution in [0.1, 0.15) is 56.2 Å². The molecule has 4 rings (SSSR count). The summed E-state index contributed by atoms with van der Waals surface area (Å²) in [5, 5.41) is 0. The molecular weight excluding hydrogens is 771 g/mol. The third kappa shape index (κ3) is 6.94. The molecule has 0 nitrogen and oxygen atoms in total. The van der Waals surface area contributed by atoms with Gasteiger partial charge in [0, 0.05) is 0 Å². The van der Waals surface area contributed by atoms with Gasteiger partial charge in [-0.05, 0) is 0 Å². The minimum atomic E-state index is -4.91. The topological polar surface area (TPSA) is 0 Å². The Balaban J connectivity index is 1.89. The summed E-state index contributed by atoms with van der Waals surface area (Å²) in [5.41, 5.74) is 7.51. The maximum absolute atomic E-state index is 8.50. The molecule has 38 heavy (non-hydrogen) atoms. The molecule has 0 fully saturated rings. The number of halogens is 8. The quantitative estimate of drug-likeness (QED) is 0.157. The summed E-state index contributed by atoms with van der Waals surface area (Å²) in [5.74, 6) is -1.91. The monoisotopic (exact) mass is 797 g/mol. The van der Waals surface area contributed by atoms with E-state index in [-0.39, 0.29) is 7.25 Å². The minimum absolute atomic E-state index is 0.0298. The van der Waals surface area contributed by atoms with Crippen LogP contribution in [-0.4, -0.2) is 17.9 Å². The Bertz CT molecular complexity index is 1160. The number of allylic oxidation sites excluding steroid dienone is 2. The van der Waals surface area contributed by atoms with Crippen LogP contribution in [0.4, 0.5) is 0 Å². The second-order valence-corrected chi connectivity index (χ2v) is 69.6. The van der Waals surface area contributed by atoms with Crippen molar-refractivity contribution in [3.63, 3.8) is 0 Å². The van der Waals surface area contributed by atoms with Crippen molar-refractivity contribution in [3.8, 4) is 0 Å². The fourth-order valence-electron chi connectivity index (χ4n) is 6.85. The van der Waals surface area contributed by atoms with E-state index in [9.17, 15) is 0 Å². The molecule has 0 radical (unpaired) electrons. The summed E-state index contributed by atoms with van der Waals surface area (Å²) in [6.45, 7) is 4.41. The van der Waals surface area contributed by atoms with Crippen LogP contribution in [0.2, 0.25) is 24.2 Å². The Morgan fingerprint density at radius 2 is 1.03 bits per heavy atom. The van der Waals surface area contributed by atoms with Gasteiger partial charge in [-0.3, -0.25) is 0 Å². The molecule has 0 N–H and O–H groups in total. The van der Waals surface area contributed by atoms with E-state index >= 15 is 0 Å². The molecule has 0 aromatic heterocycles. The first-order valence-corrected chi connectivity index (χ1v) is 39.0. The average molecular weight is 803 g/mol. The van der Waals surface area contributed by atoms with Crippen LogP contribution in [0.25, 0.3) is 12.2 Å². The Labute approximate surface area is 266 Å². The standard InChI is InChI=1S/2C10H9.C6H13Cl6Si3.2ClH.Zr/c2*1-8-6-9-4-2-3-5-10(9)7-8;7-14(8,9)5-1-3-13-4-2-6-15(10,11)12;;;/h2*2-7H,1H3;13H,1-6H2;2*1H;/q;;;;;+2/p-2. The van der Waals surface area contributed by atoms with Crippen molar-refractivity contribution >= 4 is 114 Å². The molecule has 2 aliphatic carbocycles. The average Bonchev–Trinajstić information content (AvgIpc) is 3.32. The predicted octanol–water partition coefficient (Wildman–Crippen LogP) is 12.1. The van der Waals surface area contributed by atoms with E-state index in [1.807, 2.05) is 0 Å². The van der Waals surface area contributed by atoms with Crippen molar-refractivity contribution < 1.29 is 15.6 Å². The van der Waals surface area contributed by atoms with Gasteiger partial charge >= 0.3 is 269 Å². The van der Waals surface area contributed by atoms with E-state index in [1.165, 1.54) is 33.4 Å². The molecule has 0 aliphatic heterocycles. The van der Waals surface area contributed by atoms with Gasteiger partial charge in [-0.25, -0.2) is 0 Å². The SMILES string of the molecule is CC1=Cc2ccccc2[CH]1[Zr]([Cl])([Cl])([CH]1C(C)=Cc2ccccc21)[SiH](CCC[Si](Cl)(Cl)Cl)CCC[Si](Cl)(Cl)Cl. The Morgan fingerprint density at radius 1 is 0.658 bits per heavy atom. The number of hydrogen-bond acceptors (Lipinski definition) is 0. The van der Waals surface area contributed by atoms with Gasteiger partial charge in [0.1, 0.15) is 0 Å². The zero-order valence-corrected chi connectivity index (χ0v) is 32.9. The zero-order chi connectivity index (χ0) is 28.0. The van der Waals surface area contributed by atoms with E-state index < -0.39 is 33.5 Å². The fraction of sp³-hybridized carbons (Fsp3) is 0.385. The third-order valence-electron chi connectivity index (χ3n) is 8.20. The molecule has 2 unspecified atom stereocenters. The number of hydrogen-bond donors (Lipinski definition) is 0. The predicted molar refractivity (Wildman–Crippen MR) is 180 cm³/mol. The van der Waals surface area contributed by atoms with Crippen LogP contribution < -0.4 is 0 Å². The summed E-state index contributed by atoms with van der Waals surface area (Å²) in [6, 6.07) is 14.7. The van der Waals surface area contributed by atoms with Crippen molar-refractivity contribution in [3.05, 3.63) is 81.9 Å². The molecule has 0 heterocycles. The van der Waals surface area contributed by atoms with E-state index in [1.54, 1.807) is 0 Å². The molecule has 0 bridgehead atoms. The molecule has 2 aromatic rings. The van der Waals surface area contributed by atoms with Gasteiger partial charge in [-0.1, -0.05) is 0 Å². The summed E-state index contributed by atoms with van der Waals surface area (Å²) in [6.07, 6.45) is 6.21. The Hall–Kier alpha value is 1.77. The maximum atomic E-state index is 8.50. The van der Waals surface area contributed by atoms with Gasteiger partial charge < -0.3 is 0 Å². The molecule has 2 atom stereocenters. The second kappa shape index (κ2) is 12.4. The summed E-state index contributed by atoms with van der Waals surface area (Å²) in [4.78, 5) is 0. The Morgan fingerprint density at radius 3 is 1.39 bits per heavy atom. The zero-order valence-electron chi connectivity index (χ0n) is 21.3. The van der Waals surface area contributed by atoms with Crippen LogP contribution in [0, 0.1) is 0 Å². The summed E-state index contributed by atoms with van der Waals surface area (Å²) >= 11 is 33.1. The first-order valence-electron chi connectivity index (χ1n) is 12.9. The van der Waals surface area contributed by atoms with Gasteiger partial charge in [0.05, 0.1) is 0 Å². The first kappa shape index (κ1) is 32.7. The second-order valence-electron chi connectivity index (χ2n) is 10.8. The Kier molecular flexibility index (Phi) is 10.7. The van der Waals surface area contributed by atoms with Gasteiger partial charge in [0.25, 0.3) is 0 Å². The number of fused-ring (bicyclic) bond motifs is 2. The van der Waals surface area contributed by atoms with Crippen molar-refractivity contribution in [1.29, 1.82) is 0 Å². The van der Waals surface area contributed by atoms with Crippen molar-refractivity contribution in [2.24, 2.45) is 0 Å². The van der Waals surface area contributed by atoms with Crippen LogP contribution in [0.15, 0.2) is 59.7 Å². The molecule has 0 amide bonds. The normalized spacial score (nSPS) is 20.6. The van der Waals surface area contributed by atoms with Gasteiger partial charge in [0.15, 0.2) is 0 Å². The molecule has 0 saturated carbocycles. The molecule has 2 aliphatic rings. The van der Waals surface area contributed by atoms with Crippen molar-refractivity contribution in [2.45, 2.75) is 58.1 Å². The van der Waals surface area contributed by atoms with E-state index in [0.717, 1.165) is 24.9 Å². The van der Waals surface area contributed by atoms with Crippen LogP contribution in [0.5, 0.6) is 0 Å². The van der Waals surface area contributed by atoms with Gasteiger partial charge in [-0.2, -0.15) is 0 Å². The molecule has 12 heteroatoms. The molecule has 2 aromatic carbocycles. The van der Waals surface area contributed by atoms with E-state index in [2.05, 4.69) is 74.5 Å². The summed E-state index contributed by atoms with van der Waals surface area (Å²) in [7, 11) is 17.0. The molecular formula is C26H31Cl8Si3Zr. The van der Waals surface area contributed by atoms with E-state index in [4.69, 9.17) is 83.5 Å². The fourth-order valence-corrected chi connectivity index (χ4v) is 62.7. The van der Waals surface area contributed by atoms with Crippen LogP contribution in [0.3, 0.4) is 0 Å². The summed E-state index contributed by atoms with van der Waals surface area (Å²) < 4.78 is 0.0596. The number of benzene rings is 2.